The third-order valence-corrected chi connectivity index (χ3v) is 3.97. The molecule has 2 aromatic rings. The number of nitrogens with one attached hydrogen (secondary N) is 1. The van der Waals surface area contributed by atoms with Crippen LogP contribution in [0.25, 0.3) is 0 Å². The quantitative estimate of drug-likeness (QED) is 0.835. The van der Waals surface area contributed by atoms with Crippen LogP contribution >= 0.6 is 27.5 Å². The molecular weight excluding hydrogens is 380 g/mol. The van der Waals surface area contributed by atoms with E-state index >= 15 is 0 Å². The van der Waals surface area contributed by atoms with Crippen molar-refractivity contribution >= 4 is 45.0 Å². The van der Waals surface area contributed by atoms with Gasteiger partial charge in [-0.05, 0) is 42.5 Å². The minimum Gasteiger partial charge on any atom is -0.350 e. The first-order valence-corrected chi connectivity index (χ1v) is 8.22. The van der Waals surface area contributed by atoms with Gasteiger partial charge in [-0.15, -0.1) is 0 Å². The topological polar surface area (TPSA) is 49.4 Å². The van der Waals surface area contributed by atoms with Gasteiger partial charge in [0, 0.05) is 40.8 Å². The molecular formula is C17H16BrClN2O2. The lowest BCUT2D eigenvalue weighted by molar-refractivity contribution is -0.116. The van der Waals surface area contributed by atoms with E-state index in [9.17, 15) is 9.59 Å². The molecule has 0 aromatic heterocycles. The van der Waals surface area contributed by atoms with Gasteiger partial charge in [0.1, 0.15) is 0 Å². The Morgan fingerprint density at radius 2 is 1.87 bits per heavy atom. The molecule has 2 amide bonds. The summed E-state index contributed by atoms with van der Waals surface area (Å²) in [5, 5.41) is 3.38. The number of amides is 2. The molecule has 0 unspecified atom stereocenters. The van der Waals surface area contributed by atoms with Gasteiger partial charge in [-0.2, -0.15) is 0 Å². The van der Waals surface area contributed by atoms with Gasteiger partial charge in [0.25, 0.3) is 5.91 Å². The SMILES string of the molecule is CC(=O)N(CCNC(=O)c1ccc(Cl)cc1)c1cccc(Br)c1. The number of nitrogens with zero attached hydrogens (tertiary/aromatic N) is 1. The fourth-order valence-corrected chi connectivity index (χ4v) is 2.61. The van der Waals surface area contributed by atoms with Gasteiger partial charge in [-0.3, -0.25) is 9.59 Å². The van der Waals surface area contributed by atoms with Crippen molar-refractivity contribution in [3.63, 3.8) is 0 Å². The molecule has 0 spiro atoms. The summed E-state index contributed by atoms with van der Waals surface area (Å²) in [5.41, 5.74) is 1.32. The third-order valence-electron chi connectivity index (χ3n) is 3.23. The summed E-state index contributed by atoms with van der Waals surface area (Å²) >= 11 is 9.19. The van der Waals surface area contributed by atoms with Crippen molar-refractivity contribution in [2.45, 2.75) is 6.92 Å². The molecule has 0 saturated heterocycles. The van der Waals surface area contributed by atoms with Crippen molar-refractivity contribution in [2.75, 3.05) is 18.0 Å². The van der Waals surface area contributed by atoms with E-state index in [-0.39, 0.29) is 11.8 Å². The van der Waals surface area contributed by atoms with Crippen LogP contribution in [0, 0.1) is 0 Å². The van der Waals surface area contributed by atoms with E-state index in [1.54, 1.807) is 29.2 Å². The minimum atomic E-state index is -0.195. The van der Waals surface area contributed by atoms with Crippen LogP contribution in [0.1, 0.15) is 17.3 Å². The first-order chi connectivity index (χ1) is 11.0. The summed E-state index contributed by atoms with van der Waals surface area (Å²) in [7, 11) is 0. The highest BCUT2D eigenvalue weighted by atomic mass is 79.9. The largest absolute Gasteiger partial charge is 0.350 e. The Labute approximate surface area is 148 Å². The van der Waals surface area contributed by atoms with Crippen molar-refractivity contribution < 1.29 is 9.59 Å². The molecule has 0 bridgehead atoms. The molecule has 0 heterocycles. The monoisotopic (exact) mass is 394 g/mol. The predicted molar refractivity (Wildman–Crippen MR) is 96.0 cm³/mol. The Kier molecular flexibility index (Phi) is 6.19. The zero-order valence-corrected chi connectivity index (χ0v) is 14.9. The first kappa shape index (κ1) is 17.5. The van der Waals surface area contributed by atoms with Crippen LogP contribution in [-0.4, -0.2) is 24.9 Å². The van der Waals surface area contributed by atoms with Gasteiger partial charge >= 0.3 is 0 Å². The highest BCUT2D eigenvalue weighted by Crippen LogP contribution is 2.19. The van der Waals surface area contributed by atoms with Crippen LogP contribution in [0.15, 0.2) is 53.0 Å². The summed E-state index contributed by atoms with van der Waals surface area (Å²) in [4.78, 5) is 25.5. The van der Waals surface area contributed by atoms with Crippen LogP contribution in [0.3, 0.4) is 0 Å². The fraction of sp³-hybridized carbons (Fsp3) is 0.176. The average Bonchev–Trinajstić information content (AvgIpc) is 2.51. The van der Waals surface area contributed by atoms with Crippen LogP contribution in [0.4, 0.5) is 5.69 Å². The van der Waals surface area contributed by atoms with E-state index in [0.29, 0.717) is 23.7 Å². The van der Waals surface area contributed by atoms with Crippen LogP contribution in [0.2, 0.25) is 5.02 Å². The number of anilines is 1. The molecule has 0 atom stereocenters. The lowest BCUT2D eigenvalue weighted by Gasteiger charge is -2.21. The van der Waals surface area contributed by atoms with E-state index < -0.39 is 0 Å². The van der Waals surface area contributed by atoms with E-state index in [0.717, 1.165) is 10.2 Å². The molecule has 6 heteroatoms. The Hall–Kier alpha value is -1.85. The number of hydrogen-bond acceptors (Lipinski definition) is 2. The molecule has 4 nitrogen and oxygen atoms in total. The van der Waals surface area contributed by atoms with Gasteiger partial charge in [0.15, 0.2) is 0 Å². The smallest absolute Gasteiger partial charge is 0.251 e. The minimum absolute atomic E-state index is 0.0798. The second-order valence-corrected chi connectivity index (χ2v) is 6.27. The van der Waals surface area contributed by atoms with Crippen molar-refractivity contribution in [3.05, 3.63) is 63.6 Å². The van der Waals surface area contributed by atoms with Crippen LogP contribution in [-0.2, 0) is 4.79 Å². The number of carbonyl (C=O) groups is 2. The Morgan fingerprint density at radius 1 is 1.17 bits per heavy atom. The van der Waals surface area contributed by atoms with Gasteiger partial charge in [0.05, 0.1) is 0 Å². The Balaban J connectivity index is 1.96. The predicted octanol–water partition coefficient (Wildman–Crippen LogP) is 3.89. The molecule has 1 N–H and O–H groups in total. The number of hydrogen-bond donors (Lipinski definition) is 1. The number of rotatable bonds is 5. The standard InChI is InChI=1S/C17H16BrClN2O2/c1-12(22)21(16-4-2-3-14(18)11-16)10-9-20-17(23)13-5-7-15(19)8-6-13/h2-8,11H,9-10H2,1H3,(H,20,23). The van der Waals surface area contributed by atoms with Crippen molar-refractivity contribution in [2.24, 2.45) is 0 Å². The van der Waals surface area contributed by atoms with Gasteiger partial charge < -0.3 is 10.2 Å². The zero-order chi connectivity index (χ0) is 16.8. The maximum Gasteiger partial charge on any atom is 0.251 e. The van der Waals surface area contributed by atoms with E-state index in [2.05, 4.69) is 21.2 Å². The highest BCUT2D eigenvalue weighted by Gasteiger charge is 2.12. The van der Waals surface area contributed by atoms with Crippen molar-refractivity contribution in [1.82, 2.24) is 5.32 Å². The third kappa shape index (κ3) is 5.08. The molecule has 2 rings (SSSR count). The molecule has 0 aliphatic heterocycles. The van der Waals surface area contributed by atoms with Crippen LogP contribution in [0.5, 0.6) is 0 Å². The van der Waals surface area contributed by atoms with E-state index in [4.69, 9.17) is 11.6 Å². The van der Waals surface area contributed by atoms with Crippen molar-refractivity contribution in [1.29, 1.82) is 0 Å². The summed E-state index contributed by atoms with van der Waals surface area (Å²) in [6.07, 6.45) is 0. The van der Waals surface area contributed by atoms with Gasteiger partial charge in [-0.1, -0.05) is 33.6 Å². The maximum atomic E-state index is 12.0. The van der Waals surface area contributed by atoms with E-state index in [1.165, 1.54) is 6.92 Å². The molecule has 0 aliphatic rings. The maximum absolute atomic E-state index is 12.0. The zero-order valence-electron chi connectivity index (χ0n) is 12.6. The summed E-state index contributed by atoms with van der Waals surface area (Å²) < 4.78 is 0.895. The lowest BCUT2D eigenvalue weighted by Crippen LogP contribution is -2.37. The molecule has 23 heavy (non-hydrogen) atoms. The molecule has 120 valence electrons. The molecule has 0 saturated carbocycles. The number of carbonyl (C=O) groups excluding carboxylic acids is 2. The summed E-state index contributed by atoms with van der Waals surface area (Å²) in [5.74, 6) is -0.275. The van der Waals surface area contributed by atoms with Gasteiger partial charge in [0.2, 0.25) is 5.91 Å². The Bertz CT molecular complexity index is 704. The van der Waals surface area contributed by atoms with Crippen molar-refractivity contribution in [3.8, 4) is 0 Å². The highest BCUT2D eigenvalue weighted by molar-refractivity contribution is 9.10. The summed E-state index contributed by atoms with van der Waals surface area (Å²) in [6.45, 7) is 2.25. The fourth-order valence-electron chi connectivity index (χ4n) is 2.10. The van der Waals surface area contributed by atoms with Crippen LogP contribution < -0.4 is 10.2 Å². The number of halogens is 2. The second-order valence-electron chi connectivity index (χ2n) is 4.91. The Morgan fingerprint density at radius 3 is 2.48 bits per heavy atom. The molecule has 0 aliphatic carbocycles. The molecule has 2 aromatic carbocycles. The van der Waals surface area contributed by atoms with Gasteiger partial charge in [-0.25, -0.2) is 0 Å². The molecule has 0 radical (unpaired) electrons. The first-order valence-electron chi connectivity index (χ1n) is 7.05. The molecule has 0 fully saturated rings. The second kappa shape index (κ2) is 8.13. The average molecular weight is 396 g/mol. The normalized spacial score (nSPS) is 10.2. The number of benzene rings is 2. The lowest BCUT2D eigenvalue weighted by atomic mass is 10.2. The summed E-state index contributed by atoms with van der Waals surface area (Å²) in [6, 6.07) is 14.1. The van der Waals surface area contributed by atoms with E-state index in [1.807, 2.05) is 24.3 Å².